The van der Waals surface area contributed by atoms with Gasteiger partial charge in [-0.3, -0.25) is 19.4 Å². The van der Waals surface area contributed by atoms with Crippen LogP contribution in [0.5, 0.6) is 5.75 Å². The Morgan fingerprint density at radius 2 is 1.63 bits per heavy atom. The molecule has 1 aromatic rings. The highest BCUT2D eigenvalue weighted by atomic mass is 16.5. The summed E-state index contributed by atoms with van der Waals surface area (Å²) in [6.07, 6.45) is 1.80. The Bertz CT molecular complexity index is 665. The minimum Gasteiger partial charge on any atom is -0.492 e. The lowest BCUT2D eigenvalue weighted by Crippen LogP contribution is -2.55. The Morgan fingerprint density at radius 3 is 2.22 bits per heavy atom. The van der Waals surface area contributed by atoms with Gasteiger partial charge in [0.05, 0.1) is 19.0 Å². The van der Waals surface area contributed by atoms with Crippen molar-refractivity contribution < 1.29 is 14.3 Å². The molecule has 6 heteroatoms. The number of para-hydroxylation sites is 2. The van der Waals surface area contributed by atoms with Crippen LogP contribution in [0.2, 0.25) is 0 Å². The van der Waals surface area contributed by atoms with E-state index in [-0.39, 0.29) is 17.2 Å². The topological polar surface area (TPSA) is 53.1 Å². The van der Waals surface area contributed by atoms with Gasteiger partial charge in [0.1, 0.15) is 5.75 Å². The van der Waals surface area contributed by atoms with Crippen molar-refractivity contribution in [2.24, 2.45) is 5.41 Å². The number of carbonyl (C=O) groups is 2. The molecule has 0 bridgehead atoms. The molecule has 2 heterocycles. The van der Waals surface area contributed by atoms with Crippen molar-refractivity contribution in [1.82, 2.24) is 9.80 Å². The van der Waals surface area contributed by atoms with Crippen LogP contribution in [0.1, 0.15) is 40.0 Å². The number of hydrogen-bond acceptors (Lipinski definition) is 5. The van der Waals surface area contributed by atoms with Gasteiger partial charge in [-0.1, -0.05) is 26.0 Å². The minimum absolute atomic E-state index is 0.0280. The van der Waals surface area contributed by atoms with E-state index in [2.05, 4.69) is 22.8 Å². The molecule has 3 rings (SSSR count). The molecule has 6 nitrogen and oxygen atoms in total. The summed E-state index contributed by atoms with van der Waals surface area (Å²) in [7, 11) is 0. The number of rotatable bonds is 6. The summed E-state index contributed by atoms with van der Waals surface area (Å²) in [6.45, 7) is 10.5. The third-order valence-corrected chi connectivity index (χ3v) is 5.83. The van der Waals surface area contributed by atoms with Crippen LogP contribution < -0.4 is 9.64 Å². The first-order valence-corrected chi connectivity index (χ1v) is 9.98. The van der Waals surface area contributed by atoms with Crippen LogP contribution in [0.3, 0.4) is 0 Å². The molecule has 0 radical (unpaired) electrons. The molecule has 0 aliphatic carbocycles. The molecule has 148 valence electrons. The summed E-state index contributed by atoms with van der Waals surface area (Å²) >= 11 is 0. The quantitative estimate of drug-likeness (QED) is 0.718. The number of benzene rings is 1. The van der Waals surface area contributed by atoms with E-state index in [1.54, 1.807) is 0 Å². The monoisotopic (exact) mass is 373 g/mol. The maximum Gasteiger partial charge on any atom is 0.230 e. The SMILES string of the molecule is CCOc1ccccc1N1CCN(CN2C(=O)CC(C)(CC)CC2=O)CC1. The van der Waals surface area contributed by atoms with Crippen molar-refractivity contribution in [3.63, 3.8) is 0 Å². The van der Waals surface area contributed by atoms with Crippen LogP contribution >= 0.6 is 0 Å². The average Bonchev–Trinajstić information content (AvgIpc) is 2.66. The van der Waals surface area contributed by atoms with Crippen molar-refractivity contribution in [3.8, 4) is 5.75 Å². The number of ether oxygens (including phenoxy) is 1. The lowest BCUT2D eigenvalue weighted by Gasteiger charge is -2.41. The van der Waals surface area contributed by atoms with Gasteiger partial charge in [-0.15, -0.1) is 0 Å². The summed E-state index contributed by atoms with van der Waals surface area (Å²) in [5.41, 5.74) is 0.939. The van der Waals surface area contributed by atoms with Gasteiger partial charge in [-0.05, 0) is 30.9 Å². The van der Waals surface area contributed by atoms with Crippen molar-refractivity contribution in [2.75, 3.05) is 44.4 Å². The second-order valence-corrected chi connectivity index (χ2v) is 7.88. The molecular formula is C21H31N3O3. The van der Waals surface area contributed by atoms with Crippen LogP contribution in [0.15, 0.2) is 24.3 Å². The van der Waals surface area contributed by atoms with Crippen molar-refractivity contribution in [3.05, 3.63) is 24.3 Å². The molecule has 0 unspecified atom stereocenters. The Kier molecular flexibility index (Phi) is 6.05. The van der Waals surface area contributed by atoms with E-state index in [1.807, 2.05) is 32.0 Å². The summed E-state index contributed by atoms with van der Waals surface area (Å²) in [6, 6.07) is 8.10. The fourth-order valence-corrected chi connectivity index (χ4v) is 3.86. The first-order chi connectivity index (χ1) is 13.0. The van der Waals surface area contributed by atoms with E-state index >= 15 is 0 Å². The van der Waals surface area contributed by atoms with E-state index in [9.17, 15) is 9.59 Å². The number of anilines is 1. The fraction of sp³-hybridized carbons (Fsp3) is 0.619. The number of hydrogen-bond donors (Lipinski definition) is 0. The predicted octanol–water partition coefficient (Wildman–Crippen LogP) is 2.73. The molecule has 0 N–H and O–H groups in total. The Balaban J connectivity index is 1.57. The van der Waals surface area contributed by atoms with Crippen LogP contribution in [0.25, 0.3) is 0 Å². The van der Waals surface area contributed by atoms with E-state index in [0.717, 1.165) is 44.0 Å². The summed E-state index contributed by atoms with van der Waals surface area (Å²) in [4.78, 5) is 31.0. The average molecular weight is 373 g/mol. The van der Waals surface area contributed by atoms with Gasteiger partial charge in [-0.2, -0.15) is 0 Å². The van der Waals surface area contributed by atoms with E-state index in [4.69, 9.17) is 4.74 Å². The molecule has 2 aliphatic rings. The number of likely N-dealkylation sites (tertiary alicyclic amines) is 1. The van der Waals surface area contributed by atoms with Crippen LogP contribution in [-0.2, 0) is 9.59 Å². The number of amides is 2. The molecule has 27 heavy (non-hydrogen) atoms. The lowest BCUT2D eigenvalue weighted by atomic mass is 9.77. The highest BCUT2D eigenvalue weighted by Gasteiger charge is 2.40. The molecule has 0 aromatic heterocycles. The first kappa shape index (κ1) is 19.7. The number of imide groups is 1. The maximum absolute atomic E-state index is 12.5. The largest absolute Gasteiger partial charge is 0.492 e. The second-order valence-electron chi connectivity index (χ2n) is 7.88. The van der Waals surface area contributed by atoms with Gasteiger partial charge in [0.25, 0.3) is 0 Å². The smallest absolute Gasteiger partial charge is 0.230 e. The maximum atomic E-state index is 12.5. The van der Waals surface area contributed by atoms with Gasteiger partial charge in [-0.25, -0.2) is 0 Å². The molecule has 2 fully saturated rings. The van der Waals surface area contributed by atoms with Crippen LogP contribution in [0, 0.1) is 5.41 Å². The van der Waals surface area contributed by atoms with Gasteiger partial charge < -0.3 is 9.64 Å². The second kappa shape index (κ2) is 8.30. The minimum atomic E-state index is -0.174. The van der Waals surface area contributed by atoms with Gasteiger partial charge >= 0.3 is 0 Å². The number of carbonyl (C=O) groups excluding carboxylic acids is 2. The molecule has 2 amide bonds. The molecule has 1 aromatic carbocycles. The zero-order valence-electron chi connectivity index (χ0n) is 16.7. The zero-order chi connectivity index (χ0) is 19.4. The van der Waals surface area contributed by atoms with Crippen molar-refractivity contribution >= 4 is 17.5 Å². The molecule has 0 atom stereocenters. The van der Waals surface area contributed by atoms with Crippen molar-refractivity contribution in [2.45, 2.75) is 40.0 Å². The Morgan fingerprint density at radius 1 is 1.00 bits per heavy atom. The summed E-state index contributed by atoms with van der Waals surface area (Å²) < 4.78 is 5.74. The fourth-order valence-electron chi connectivity index (χ4n) is 3.86. The number of nitrogens with zero attached hydrogens (tertiary/aromatic N) is 3. The Labute approximate surface area is 162 Å². The highest BCUT2D eigenvalue weighted by Crippen LogP contribution is 2.35. The molecular weight excluding hydrogens is 342 g/mol. The lowest BCUT2D eigenvalue weighted by molar-refractivity contribution is -0.155. The standard InChI is InChI=1S/C21H31N3O3/c1-4-21(3)14-19(25)24(20(26)15-21)16-22-10-12-23(13-11-22)17-8-6-7-9-18(17)27-5-2/h6-9H,4-5,10-16H2,1-3H3. The third kappa shape index (κ3) is 4.43. The Hall–Kier alpha value is -2.08. The summed E-state index contributed by atoms with van der Waals surface area (Å²) in [5.74, 6) is 0.855. The molecule has 0 spiro atoms. The highest BCUT2D eigenvalue weighted by molar-refractivity contribution is 5.98. The number of piperazine rings is 1. The van der Waals surface area contributed by atoms with Crippen LogP contribution in [0.4, 0.5) is 5.69 Å². The van der Waals surface area contributed by atoms with E-state index in [1.165, 1.54) is 4.90 Å². The third-order valence-electron chi connectivity index (χ3n) is 5.83. The first-order valence-electron chi connectivity index (χ1n) is 9.98. The number of piperidine rings is 1. The predicted molar refractivity (Wildman–Crippen MR) is 106 cm³/mol. The zero-order valence-corrected chi connectivity index (χ0v) is 16.7. The molecule has 2 saturated heterocycles. The van der Waals surface area contributed by atoms with E-state index < -0.39 is 0 Å². The van der Waals surface area contributed by atoms with Gasteiger partial charge in [0.15, 0.2) is 0 Å². The molecule has 2 aliphatic heterocycles. The van der Waals surface area contributed by atoms with E-state index in [0.29, 0.717) is 26.1 Å². The normalized spacial score (nSPS) is 20.9. The van der Waals surface area contributed by atoms with Gasteiger partial charge in [0.2, 0.25) is 11.8 Å². The van der Waals surface area contributed by atoms with Crippen molar-refractivity contribution in [1.29, 1.82) is 0 Å². The van der Waals surface area contributed by atoms with Gasteiger partial charge in [0, 0.05) is 39.0 Å². The van der Waals surface area contributed by atoms with Crippen LogP contribution in [-0.4, -0.2) is 61.1 Å². The molecule has 0 saturated carbocycles. The summed E-state index contributed by atoms with van der Waals surface area (Å²) in [5, 5.41) is 0.